The second-order valence-corrected chi connectivity index (χ2v) is 6.35. The van der Waals surface area contributed by atoms with Gasteiger partial charge < -0.3 is 5.32 Å². The molecule has 0 aliphatic heterocycles. The summed E-state index contributed by atoms with van der Waals surface area (Å²) in [6, 6.07) is 2.07. The van der Waals surface area contributed by atoms with Crippen LogP contribution in [-0.2, 0) is 12.8 Å². The van der Waals surface area contributed by atoms with Crippen LogP contribution in [-0.4, -0.2) is 31.3 Å². The summed E-state index contributed by atoms with van der Waals surface area (Å²) in [5, 5.41) is 11.5. The first-order valence-electron chi connectivity index (χ1n) is 6.72. The van der Waals surface area contributed by atoms with Gasteiger partial charge in [0.05, 0.1) is 11.1 Å². The van der Waals surface area contributed by atoms with Gasteiger partial charge in [0.1, 0.15) is 22.8 Å². The number of anilines is 1. The molecule has 0 aliphatic carbocycles. The van der Waals surface area contributed by atoms with Gasteiger partial charge in [0.25, 0.3) is 0 Å². The lowest BCUT2D eigenvalue weighted by molar-refractivity contribution is 0.685. The maximum Gasteiger partial charge on any atom is 0.186 e. The molecule has 0 amide bonds. The Kier molecular flexibility index (Phi) is 4.35. The number of rotatable bonds is 6. The molecule has 0 spiro atoms. The van der Waals surface area contributed by atoms with Crippen LogP contribution in [0.1, 0.15) is 19.2 Å². The van der Waals surface area contributed by atoms with Crippen LogP contribution in [0.5, 0.6) is 0 Å². The van der Waals surface area contributed by atoms with Gasteiger partial charge in [-0.25, -0.2) is 19.6 Å². The highest BCUT2D eigenvalue weighted by Crippen LogP contribution is 2.27. The smallest absolute Gasteiger partial charge is 0.186 e. The van der Waals surface area contributed by atoms with Gasteiger partial charge in [0.2, 0.25) is 0 Å². The van der Waals surface area contributed by atoms with Gasteiger partial charge in [0, 0.05) is 13.6 Å². The van der Waals surface area contributed by atoms with Crippen molar-refractivity contribution in [2.45, 2.75) is 24.3 Å². The van der Waals surface area contributed by atoms with E-state index in [1.54, 1.807) is 34.1 Å². The number of aromatic nitrogens is 5. The van der Waals surface area contributed by atoms with Gasteiger partial charge in [-0.05, 0) is 17.9 Å². The molecule has 0 aromatic carbocycles. The summed E-state index contributed by atoms with van der Waals surface area (Å²) in [4.78, 5) is 14.5. The Morgan fingerprint density at radius 2 is 2.29 bits per heavy atom. The maximum absolute atomic E-state index is 4.65. The van der Waals surface area contributed by atoms with Crippen molar-refractivity contribution in [3.05, 3.63) is 23.6 Å². The van der Waals surface area contributed by atoms with Crippen LogP contribution in [0, 0.1) is 0 Å². The Morgan fingerprint density at radius 1 is 1.38 bits per heavy atom. The van der Waals surface area contributed by atoms with Crippen molar-refractivity contribution in [2.75, 3.05) is 11.9 Å². The third kappa shape index (κ3) is 3.16. The van der Waals surface area contributed by atoms with E-state index >= 15 is 0 Å². The monoisotopic (exact) mass is 320 g/mol. The van der Waals surface area contributed by atoms with Gasteiger partial charge in [-0.1, -0.05) is 18.7 Å². The van der Waals surface area contributed by atoms with E-state index in [0.29, 0.717) is 5.75 Å². The first-order valence-corrected chi connectivity index (χ1v) is 8.59. The summed E-state index contributed by atoms with van der Waals surface area (Å²) in [7, 11) is 1.88. The van der Waals surface area contributed by atoms with Crippen molar-refractivity contribution < 1.29 is 0 Å². The average Bonchev–Trinajstić information content (AvgIpc) is 3.11. The van der Waals surface area contributed by atoms with E-state index < -0.39 is 0 Å². The van der Waals surface area contributed by atoms with E-state index in [1.165, 1.54) is 0 Å². The molecule has 3 aromatic heterocycles. The van der Waals surface area contributed by atoms with Crippen LogP contribution in [0.4, 0.5) is 5.82 Å². The maximum atomic E-state index is 4.65. The van der Waals surface area contributed by atoms with Crippen LogP contribution in [0.3, 0.4) is 0 Å². The number of nitrogens with one attached hydrogen (secondary N) is 1. The Morgan fingerprint density at radius 3 is 3.05 bits per heavy atom. The second kappa shape index (κ2) is 6.40. The van der Waals surface area contributed by atoms with Crippen LogP contribution in [0.15, 0.2) is 22.9 Å². The Hall–Kier alpha value is -1.67. The van der Waals surface area contributed by atoms with Gasteiger partial charge >= 0.3 is 0 Å². The van der Waals surface area contributed by atoms with Gasteiger partial charge in [-0.3, -0.25) is 0 Å². The highest BCUT2D eigenvalue weighted by atomic mass is 32.2. The highest BCUT2D eigenvalue weighted by Gasteiger charge is 2.10. The first kappa shape index (κ1) is 14.3. The van der Waals surface area contributed by atoms with Crippen molar-refractivity contribution in [1.29, 1.82) is 0 Å². The molecule has 0 unspecified atom stereocenters. The van der Waals surface area contributed by atoms with Crippen molar-refractivity contribution in [3.8, 4) is 0 Å². The first-order chi connectivity index (χ1) is 10.3. The lowest BCUT2D eigenvalue weighted by Crippen LogP contribution is -2.05. The highest BCUT2D eigenvalue weighted by molar-refractivity contribution is 7.98. The molecular weight excluding hydrogens is 304 g/mol. The number of aryl methyl sites for hydroxylation is 1. The third-order valence-corrected chi connectivity index (χ3v) is 4.75. The zero-order valence-corrected chi connectivity index (χ0v) is 13.5. The molecule has 3 rings (SSSR count). The standard InChI is InChI=1S/C13H16N6S2/c1-3-5-14-11-9-4-6-20-12(9)18-10(17-11)7-21-13-15-8-16-19(13)2/h4,6,8H,3,5,7H2,1-2H3,(H,14,17,18). The van der Waals surface area contributed by atoms with Crippen LogP contribution >= 0.6 is 23.1 Å². The van der Waals surface area contributed by atoms with Gasteiger partial charge in [-0.2, -0.15) is 5.10 Å². The largest absolute Gasteiger partial charge is 0.369 e. The normalized spacial score (nSPS) is 11.1. The van der Waals surface area contributed by atoms with Crippen LogP contribution < -0.4 is 5.32 Å². The molecule has 3 heterocycles. The van der Waals surface area contributed by atoms with E-state index in [4.69, 9.17) is 0 Å². The minimum atomic E-state index is 0.682. The summed E-state index contributed by atoms with van der Waals surface area (Å²) >= 11 is 3.23. The summed E-state index contributed by atoms with van der Waals surface area (Å²) in [5.41, 5.74) is 0. The zero-order valence-electron chi connectivity index (χ0n) is 11.9. The quantitative estimate of drug-likeness (QED) is 0.704. The molecule has 110 valence electrons. The molecule has 6 nitrogen and oxygen atoms in total. The van der Waals surface area contributed by atoms with E-state index in [1.807, 2.05) is 7.05 Å². The molecule has 1 N–H and O–H groups in total. The van der Waals surface area contributed by atoms with Crippen molar-refractivity contribution >= 4 is 39.1 Å². The minimum Gasteiger partial charge on any atom is -0.369 e. The van der Waals surface area contributed by atoms with Crippen molar-refractivity contribution in [2.24, 2.45) is 7.05 Å². The molecule has 8 heteroatoms. The summed E-state index contributed by atoms with van der Waals surface area (Å²) < 4.78 is 1.75. The predicted molar refractivity (Wildman–Crippen MR) is 86.8 cm³/mol. The molecule has 3 aromatic rings. The molecule has 0 saturated heterocycles. The van der Waals surface area contributed by atoms with Crippen LogP contribution in [0.2, 0.25) is 0 Å². The average molecular weight is 320 g/mol. The van der Waals surface area contributed by atoms with E-state index in [-0.39, 0.29) is 0 Å². The minimum absolute atomic E-state index is 0.682. The fraction of sp³-hybridized carbons (Fsp3) is 0.385. The number of hydrogen-bond acceptors (Lipinski definition) is 7. The lowest BCUT2D eigenvalue weighted by atomic mass is 10.3. The molecule has 0 radical (unpaired) electrons. The molecule has 0 bridgehead atoms. The topological polar surface area (TPSA) is 68.5 Å². The zero-order chi connectivity index (χ0) is 14.7. The molecule has 0 saturated carbocycles. The summed E-state index contributed by atoms with van der Waals surface area (Å²) in [6.07, 6.45) is 2.62. The number of hydrogen-bond donors (Lipinski definition) is 1. The fourth-order valence-electron chi connectivity index (χ4n) is 1.89. The van der Waals surface area contributed by atoms with Crippen molar-refractivity contribution in [3.63, 3.8) is 0 Å². The number of thioether (sulfide) groups is 1. The third-order valence-electron chi connectivity index (χ3n) is 2.91. The summed E-state index contributed by atoms with van der Waals surface area (Å²) in [6.45, 7) is 3.06. The molecule has 0 aliphatic rings. The number of thiophene rings is 1. The summed E-state index contributed by atoms with van der Waals surface area (Å²) in [5.74, 6) is 2.43. The fourth-order valence-corrected chi connectivity index (χ4v) is 3.41. The number of nitrogens with zero attached hydrogens (tertiary/aromatic N) is 5. The number of fused-ring (bicyclic) bond motifs is 1. The molecule has 0 fully saturated rings. The molecule has 21 heavy (non-hydrogen) atoms. The van der Waals surface area contributed by atoms with Gasteiger partial charge in [0.15, 0.2) is 5.16 Å². The molecule has 0 atom stereocenters. The lowest BCUT2D eigenvalue weighted by Gasteiger charge is -2.07. The SMILES string of the molecule is CCCNc1nc(CSc2ncnn2C)nc2sccc12. The molecular formula is C13H16N6S2. The Bertz CT molecular complexity index is 735. The van der Waals surface area contributed by atoms with Gasteiger partial charge in [-0.15, -0.1) is 11.3 Å². The van der Waals surface area contributed by atoms with Crippen LogP contribution in [0.25, 0.3) is 10.2 Å². The Balaban J connectivity index is 1.83. The Labute approximate surface area is 131 Å². The predicted octanol–water partition coefficient (Wildman–Crippen LogP) is 2.93. The van der Waals surface area contributed by atoms with Crippen molar-refractivity contribution in [1.82, 2.24) is 24.7 Å². The van der Waals surface area contributed by atoms with E-state index in [2.05, 4.69) is 43.7 Å². The van der Waals surface area contributed by atoms with E-state index in [9.17, 15) is 0 Å². The second-order valence-electron chi connectivity index (χ2n) is 4.51. The van der Waals surface area contributed by atoms with E-state index in [0.717, 1.165) is 40.0 Å².